The summed E-state index contributed by atoms with van der Waals surface area (Å²) in [6.07, 6.45) is 1.49. The number of aliphatic hydroxyl groups is 2. The number of pyridine rings is 2. The van der Waals surface area contributed by atoms with Crippen LogP contribution >= 0.6 is 0 Å². The SMILES string of the molecule is CCc1c2c(nc3ccc(OC)cc13)-c1cc([C@@](O)(CC)C(=O)NCCCN3CCOCC3)c(CO)c(=O)n1C2. The van der Waals surface area contributed by atoms with Crippen molar-refractivity contribution in [3.8, 4) is 17.1 Å². The van der Waals surface area contributed by atoms with Gasteiger partial charge >= 0.3 is 0 Å². The van der Waals surface area contributed by atoms with Gasteiger partial charge in [-0.15, -0.1) is 0 Å². The highest BCUT2D eigenvalue weighted by Crippen LogP contribution is 2.39. The first-order valence-electron chi connectivity index (χ1n) is 14.0. The van der Waals surface area contributed by atoms with E-state index >= 15 is 0 Å². The van der Waals surface area contributed by atoms with E-state index in [4.69, 9.17) is 14.5 Å². The normalized spacial score (nSPS) is 16.4. The summed E-state index contributed by atoms with van der Waals surface area (Å²) in [7, 11) is 1.62. The fraction of sp³-hybridized carbons (Fsp3) is 0.500. The van der Waals surface area contributed by atoms with Crippen molar-refractivity contribution >= 4 is 16.8 Å². The molecule has 3 aromatic rings. The number of ether oxygens (including phenoxy) is 2. The van der Waals surface area contributed by atoms with Crippen LogP contribution in [0.3, 0.4) is 0 Å². The van der Waals surface area contributed by atoms with Crippen molar-refractivity contribution in [2.75, 3.05) is 46.5 Å². The van der Waals surface area contributed by atoms with Crippen LogP contribution in [0.1, 0.15) is 48.9 Å². The molecular weight excluding hydrogens is 512 g/mol. The van der Waals surface area contributed by atoms with Gasteiger partial charge in [-0.2, -0.15) is 0 Å². The molecule has 0 saturated carbocycles. The third-order valence-electron chi connectivity index (χ3n) is 8.26. The van der Waals surface area contributed by atoms with Crippen LogP contribution in [0, 0.1) is 0 Å². The molecule has 40 heavy (non-hydrogen) atoms. The monoisotopic (exact) mass is 550 g/mol. The summed E-state index contributed by atoms with van der Waals surface area (Å²) in [5, 5.41) is 25.8. The van der Waals surface area contributed by atoms with Crippen LogP contribution in [0.4, 0.5) is 0 Å². The molecule has 2 aliphatic rings. The Labute approximate surface area is 233 Å². The van der Waals surface area contributed by atoms with Gasteiger partial charge in [0.05, 0.1) is 50.4 Å². The van der Waals surface area contributed by atoms with Gasteiger partial charge < -0.3 is 29.6 Å². The summed E-state index contributed by atoms with van der Waals surface area (Å²) in [6, 6.07) is 7.36. The minimum absolute atomic E-state index is 0.0219. The van der Waals surface area contributed by atoms with Crippen molar-refractivity contribution in [3.63, 3.8) is 0 Å². The van der Waals surface area contributed by atoms with E-state index in [-0.39, 0.29) is 17.5 Å². The van der Waals surface area contributed by atoms with Gasteiger partial charge in [-0.25, -0.2) is 4.98 Å². The number of rotatable bonds is 10. The number of benzene rings is 1. The van der Waals surface area contributed by atoms with E-state index in [1.165, 1.54) is 0 Å². The zero-order valence-corrected chi connectivity index (χ0v) is 23.5. The molecule has 214 valence electrons. The molecule has 1 amide bonds. The number of aromatic nitrogens is 2. The lowest BCUT2D eigenvalue weighted by Gasteiger charge is -2.29. The van der Waals surface area contributed by atoms with Gasteiger partial charge in [0.15, 0.2) is 5.60 Å². The summed E-state index contributed by atoms with van der Waals surface area (Å²) >= 11 is 0. The predicted octanol–water partition coefficient (Wildman–Crippen LogP) is 1.92. The number of fused-ring (bicyclic) bond motifs is 4. The van der Waals surface area contributed by atoms with Crippen LogP contribution in [0.5, 0.6) is 5.75 Å². The standard InChI is InChI=1S/C30H38N4O6/c1-4-20-21-15-19(39-3)7-8-25(21)32-27-22(20)17-34-26(27)16-24(23(18-35)28(34)36)30(38,5-2)29(37)31-9-6-10-33-11-13-40-14-12-33/h7-8,15-16,35,38H,4-6,9-14,17-18H2,1-3H3,(H,31,37)/t30-/m0/s1. The number of carbonyl (C=O) groups is 1. The van der Waals surface area contributed by atoms with Gasteiger partial charge in [-0.3, -0.25) is 14.5 Å². The number of nitrogens with zero attached hydrogens (tertiary/aromatic N) is 3. The van der Waals surface area contributed by atoms with E-state index in [1.54, 1.807) is 24.7 Å². The fourth-order valence-corrected chi connectivity index (χ4v) is 5.93. The molecule has 1 fully saturated rings. The lowest BCUT2D eigenvalue weighted by Crippen LogP contribution is -2.47. The second-order valence-electron chi connectivity index (χ2n) is 10.4. The van der Waals surface area contributed by atoms with Crippen molar-refractivity contribution in [1.82, 2.24) is 19.8 Å². The minimum atomic E-state index is -1.98. The van der Waals surface area contributed by atoms with E-state index in [0.29, 0.717) is 37.7 Å². The Morgan fingerprint density at radius 1 is 1.20 bits per heavy atom. The van der Waals surface area contributed by atoms with Gasteiger partial charge in [0, 0.05) is 41.7 Å². The van der Waals surface area contributed by atoms with Gasteiger partial charge in [0.2, 0.25) is 0 Å². The number of nitrogens with one attached hydrogen (secondary N) is 1. The average molecular weight is 551 g/mol. The molecule has 0 spiro atoms. The van der Waals surface area contributed by atoms with Crippen LogP contribution in [0.15, 0.2) is 29.1 Å². The third-order valence-corrected chi connectivity index (χ3v) is 8.26. The lowest BCUT2D eigenvalue weighted by molar-refractivity contribution is -0.141. The van der Waals surface area contributed by atoms with Gasteiger partial charge in [-0.05, 0) is 55.6 Å². The molecule has 2 aromatic heterocycles. The maximum Gasteiger partial charge on any atom is 0.257 e. The first-order valence-corrected chi connectivity index (χ1v) is 14.0. The molecule has 5 rings (SSSR count). The summed E-state index contributed by atoms with van der Waals surface area (Å²) in [6.45, 7) is 7.82. The van der Waals surface area contributed by atoms with Crippen LogP contribution in [-0.2, 0) is 34.7 Å². The topological polar surface area (TPSA) is 126 Å². The molecule has 1 aromatic carbocycles. The highest BCUT2D eigenvalue weighted by molar-refractivity contribution is 5.90. The van der Waals surface area contributed by atoms with E-state index in [2.05, 4.69) is 17.1 Å². The number of aryl methyl sites for hydroxylation is 1. The van der Waals surface area contributed by atoms with Gasteiger partial charge in [-0.1, -0.05) is 13.8 Å². The summed E-state index contributed by atoms with van der Waals surface area (Å²) in [4.78, 5) is 34.3. The molecule has 0 radical (unpaired) electrons. The summed E-state index contributed by atoms with van der Waals surface area (Å²) < 4.78 is 12.4. The molecule has 1 atom stereocenters. The first-order chi connectivity index (χ1) is 19.4. The second kappa shape index (κ2) is 11.7. The zero-order chi connectivity index (χ0) is 28.4. The molecule has 1 saturated heterocycles. The van der Waals surface area contributed by atoms with Crippen molar-refractivity contribution < 1.29 is 24.5 Å². The quantitative estimate of drug-likeness (QED) is 0.256. The van der Waals surface area contributed by atoms with E-state index in [9.17, 15) is 19.8 Å². The third kappa shape index (κ3) is 4.89. The molecular formula is C30H38N4O6. The maximum atomic E-state index is 13.7. The van der Waals surface area contributed by atoms with Crippen LogP contribution in [-0.4, -0.2) is 77.1 Å². The number of morpholine rings is 1. The van der Waals surface area contributed by atoms with Crippen LogP contribution in [0.25, 0.3) is 22.3 Å². The van der Waals surface area contributed by atoms with Crippen molar-refractivity contribution in [1.29, 1.82) is 0 Å². The molecule has 10 nitrogen and oxygen atoms in total. The van der Waals surface area contributed by atoms with Gasteiger partial charge in [0.1, 0.15) is 5.75 Å². The second-order valence-corrected chi connectivity index (χ2v) is 10.4. The Hall–Kier alpha value is -3.31. The van der Waals surface area contributed by atoms with Crippen molar-refractivity contribution in [2.45, 2.75) is 51.9 Å². The number of amides is 1. The van der Waals surface area contributed by atoms with Gasteiger partial charge in [0.25, 0.3) is 11.5 Å². The molecule has 4 heterocycles. The Bertz CT molecular complexity index is 1480. The molecule has 0 bridgehead atoms. The molecule has 3 N–H and O–H groups in total. The largest absolute Gasteiger partial charge is 0.497 e. The highest BCUT2D eigenvalue weighted by Gasteiger charge is 2.40. The first kappa shape index (κ1) is 28.2. The minimum Gasteiger partial charge on any atom is -0.497 e. The van der Waals surface area contributed by atoms with E-state index in [0.717, 1.165) is 60.3 Å². The summed E-state index contributed by atoms with van der Waals surface area (Å²) in [5.41, 5.74) is 1.69. The van der Waals surface area contributed by atoms with Crippen LogP contribution in [0.2, 0.25) is 0 Å². The summed E-state index contributed by atoms with van der Waals surface area (Å²) in [5.74, 6) is 0.146. The smallest absolute Gasteiger partial charge is 0.257 e. The highest BCUT2D eigenvalue weighted by atomic mass is 16.5. The average Bonchev–Trinajstić information content (AvgIpc) is 3.36. The lowest BCUT2D eigenvalue weighted by atomic mass is 9.86. The Morgan fingerprint density at radius 2 is 1.98 bits per heavy atom. The Morgan fingerprint density at radius 3 is 2.65 bits per heavy atom. The van der Waals surface area contributed by atoms with E-state index < -0.39 is 23.7 Å². The molecule has 10 heteroatoms. The number of aliphatic hydroxyl groups excluding tert-OH is 1. The number of hydrogen-bond donors (Lipinski definition) is 3. The Balaban J connectivity index is 1.50. The molecule has 2 aliphatic heterocycles. The van der Waals surface area contributed by atoms with Crippen LogP contribution < -0.4 is 15.6 Å². The maximum absolute atomic E-state index is 13.7. The zero-order valence-electron chi connectivity index (χ0n) is 23.5. The molecule has 0 aliphatic carbocycles. The van der Waals surface area contributed by atoms with E-state index in [1.807, 2.05) is 18.2 Å². The predicted molar refractivity (Wildman–Crippen MR) is 151 cm³/mol. The number of methoxy groups -OCH3 is 1. The fourth-order valence-electron chi connectivity index (χ4n) is 5.93. The van der Waals surface area contributed by atoms with Crippen molar-refractivity contribution in [3.05, 3.63) is 56.9 Å². The van der Waals surface area contributed by atoms with Crippen molar-refractivity contribution in [2.24, 2.45) is 0 Å². The number of hydrogen-bond acceptors (Lipinski definition) is 8. The number of carbonyl (C=O) groups excluding carboxylic acids is 1. The Kier molecular flexibility index (Phi) is 8.23. The molecule has 0 unspecified atom stereocenters.